The summed E-state index contributed by atoms with van der Waals surface area (Å²) in [4.78, 5) is 23.3. The van der Waals surface area contributed by atoms with Gasteiger partial charge in [-0.1, -0.05) is 40.2 Å². The third-order valence-electron chi connectivity index (χ3n) is 3.71. The van der Waals surface area contributed by atoms with Gasteiger partial charge >= 0.3 is 5.97 Å². The van der Waals surface area contributed by atoms with Gasteiger partial charge in [0.15, 0.2) is 0 Å². The summed E-state index contributed by atoms with van der Waals surface area (Å²) in [5, 5.41) is 13.8. The number of carboxylic acids is 1. The Morgan fingerprint density at radius 2 is 1.75 bits per heavy atom. The van der Waals surface area contributed by atoms with E-state index in [0.29, 0.717) is 18.5 Å². The number of hydrogen-bond acceptors (Lipinski definition) is 2. The molecule has 3 rings (SSSR count). The quantitative estimate of drug-likeness (QED) is 0.846. The number of benzene rings is 2. The first-order valence-corrected chi connectivity index (χ1v) is 7.06. The summed E-state index contributed by atoms with van der Waals surface area (Å²) in [5.41, 5.74) is -0.588. The highest BCUT2D eigenvalue weighted by atomic mass is 79.9. The minimum absolute atomic E-state index is 0.405. The molecule has 0 spiro atoms. The van der Waals surface area contributed by atoms with Crippen LogP contribution in [0.2, 0.25) is 0 Å². The lowest BCUT2D eigenvalue weighted by Gasteiger charge is -2.13. The molecular weight excluding hydrogens is 322 g/mol. The number of nitrogens with one attached hydrogen (secondary N) is 1. The zero-order valence-electron chi connectivity index (χ0n) is 10.5. The Kier molecular flexibility index (Phi) is 3.01. The van der Waals surface area contributed by atoms with Crippen molar-refractivity contribution in [3.63, 3.8) is 0 Å². The van der Waals surface area contributed by atoms with E-state index in [4.69, 9.17) is 5.11 Å². The van der Waals surface area contributed by atoms with Gasteiger partial charge in [-0.2, -0.15) is 0 Å². The monoisotopic (exact) mass is 333 g/mol. The highest BCUT2D eigenvalue weighted by Crippen LogP contribution is 2.47. The summed E-state index contributed by atoms with van der Waals surface area (Å²) in [7, 11) is 0. The van der Waals surface area contributed by atoms with Gasteiger partial charge in [0.2, 0.25) is 5.91 Å². The number of halogens is 1. The number of anilines is 1. The van der Waals surface area contributed by atoms with Crippen LogP contribution in [0, 0.1) is 5.41 Å². The van der Waals surface area contributed by atoms with E-state index in [1.54, 1.807) is 6.07 Å². The van der Waals surface area contributed by atoms with Crippen molar-refractivity contribution in [1.29, 1.82) is 0 Å². The van der Waals surface area contributed by atoms with Crippen LogP contribution in [0.4, 0.5) is 5.69 Å². The van der Waals surface area contributed by atoms with E-state index in [1.807, 2.05) is 30.3 Å². The van der Waals surface area contributed by atoms with Crippen molar-refractivity contribution in [1.82, 2.24) is 0 Å². The van der Waals surface area contributed by atoms with Gasteiger partial charge in [-0.15, -0.1) is 0 Å². The molecule has 1 aliphatic rings. The van der Waals surface area contributed by atoms with Crippen LogP contribution in [-0.4, -0.2) is 17.0 Å². The predicted octanol–water partition coefficient (Wildman–Crippen LogP) is 3.41. The van der Waals surface area contributed by atoms with Crippen LogP contribution >= 0.6 is 15.9 Å². The van der Waals surface area contributed by atoms with Crippen molar-refractivity contribution in [2.75, 3.05) is 5.32 Å². The summed E-state index contributed by atoms with van der Waals surface area (Å²) in [5.74, 6) is -1.48. The molecule has 1 aliphatic carbocycles. The molecule has 2 aromatic carbocycles. The molecule has 5 heteroatoms. The Morgan fingerprint density at radius 3 is 2.35 bits per heavy atom. The van der Waals surface area contributed by atoms with Crippen molar-refractivity contribution >= 4 is 44.3 Å². The number of rotatable bonds is 3. The Labute approximate surface area is 123 Å². The first-order valence-electron chi connectivity index (χ1n) is 6.27. The van der Waals surface area contributed by atoms with Crippen LogP contribution in [0.15, 0.2) is 40.9 Å². The average Bonchev–Trinajstić information content (AvgIpc) is 3.24. The third kappa shape index (κ3) is 1.98. The lowest BCUT2D eigenvalue weighted by molar-refractivity contribution is -0.147. The molecule has 2 aromatic rings. The topological polar surface area (TPSA) is 66.4 Å². The summed E-state index contributed by atoms with van der Waals surface area (Å²) in [6.07, 6.45) is 0.811. The fourth-order valence-corrected chi connectivity index (χ4v) is 2.75. The van der Waals surface area contributed by atoms with E-state index in [2.05, 4.69) is 21.2 Å². The molecule has 0 radical (unpaired) electrons. The maximum Gasteiger partial charge on any atom is 0.319 e. The molecule has 0 aromatic heterocycles. The number of aliphatic carboxylic acids is 1. The predicted molar refractivity (Wildman–Crippen MR) is 79.6 cm³/mol. The molecule has 1 fully saturated rings. The second-order valence-corrected chi connectivity index (χ2v) is 5.84. The van der Waals surface area contributed by atoms with E-state index < -0.39 is 17.3 Å². The number of hydrogen-bond donors (Lipinski definition) is 2. The molecular formula is C15H12BrNO3. The number of amides is 1. The highest BCUT2D eigenvalue weighted by molar-refractivity contribution is 9.10. The van der Waals surface area contributed by atoms with E-state index in [0.717, 1.165) is 15.2 Å². The van der Waals surface area contributed by atoms with Crippen molar-refractivity contribution in [2.45, 2.75) is 12.8 Å². The lowest BCUT2D eigenvalue weighted by atomic mass is 10.1. The number of carbonyl (C=O) groups is 2. The summed E-state index contributed by atoms with van der Waals surface area (Å²) in [6, 6.07) is 11.3. The molecule has 0 unspecified atom stereocenters. The molecule has 0 atom stereocenters. The zero-order valence-corrected chi connectivity index (χ0v) is 12.1. The zero-order chi connectivity index (χ0) is 14.3. The highest BCUT2D eigenvalue weighted by Gasteiger charge is 2.57. The van der Waals surface area contributed by atoms with Crippen LogP contribution in [0.1, 0.15) is 12.8 Å². The first-order chi connectivity index (χ1) is 9.54. The Bertz CT molecular complexity index is 722. The second-order valence-electron chi connectivity index (χ2n) is 4.98. The van der Waals surface area contributed by atoms with Gasteiger partial charge in [0.1, 0.15) is 5.41 Å². The van der Waals surface area contributed by atoms with E-state index in [1.165, 1.54) is 0 Å². The van der Waals surface area contributed by atoms with Crippen LogP contribution in [0.5, 0.6) is 0 Å². The SMILES string of the molecule is O=C(O)C1(C(=O)Nc2ccc(Br)c3ccccc23)CC1. The van der Waals surface area contributed by atoms with Gasteiger partial charge in [0, 0.05) is 15.5 Å². The summed E-state index contributed by atoms with van der Waals surface area (Å²) >= 11 is 3.47. The van der Waals surface area contributed by atoms with Crippen molar-refractivity contribution in [3.8, 4) is 0 Å². The van der Waals surface area contributed by atoms with Crippen LogP contribution in [-0.2, 0) is 9.59 Å². The molecule has 0 heterocycles. The molecule has 2 N–H and O–H groups in total. The maximum absolute atomic E-state index is 12.2. The van der Waals surface area contributed by atoms with Crippen LogP contribution in [0.25, 0.3) is 10.8 Å². The molecule has 1 saturated carbocycles. The minimum atomic E-state index is -1.23. The normalized spacial score (nSPS) is 15.8. The van der Waals surface area contributed by atoms with Crippen molar-refractivity contribution in [2.24, 2.45) is 5.41 Å². The molecule has 102 valence electrons. The fraction of sp³-hybridized carbons (Fsp3) is 0.200. The van der Waals surface area contributed by atoms with Crippen LogP contribution in [0.3, 0.4) is 0 Å². The number of fused-ring (bicyclic) bond motifs is 1. The van der Waals surface area contributed by atoms with E-state index in [9.17, 15) is 9.59 Å². The number of carbonyl (C=O) groups excluding carboxylic acids is 1. The molecule has 4 nitrogen and oxygen atoms in total. The van der Waals surface area contributed by atoms with Crippen LogP contribution < -0.4 is 5.32 Å². The minimum Gasteiger partial charge on any atom is -0.480 e. The van der Waals surface area contributed by atoms with E-state index >= 15 is 0 Å². The summed E-state index contributed by atoms with van der Waals surface area (Å²) < 4.78 is 0.936. The smallest absolute Gasteiger partial charge is 0.319 e. The molecule has 1 amide bonds. The molecule has 0 aliphatic heterocycles. The fourth-order valence-electron chi connectivity index (χ4n) is 2.28. The van der Waals surface area contributed by atoms with Gasteiger partial charge in [-0.05, 0) is 30.4 Å². The second kappa shape index (κ2) is 4.59. The lowest BCUT2D eigenvalue weighted by Crippen LogP contribution is -2.31. The van der Waals surface area contributed by atoms with Gasteiger partial charge in [-0.25, -0.2) is 0 Å². The van der Waals surface area contributed by atoms with Gasteiger partial charge < -0.3 is 10.4 Å². The average molecular weight is 334 g/mol. The van der Waals surface area contributed by atoms with Gasteiger partial charge in [0.25, 0.3) is 0 Å². The summed E-state index contributed by atoms with van der Waals surface area (Å²) in [6.45, 7) is 0. The molecule has 0 saturated heterocycles. The Morgan fingerprint density at radius 1 is 1.10 bits per heavy atom. The molecule has 20 heavy (non-hydrogen) atoms. The van der Waals surface area contributed by atoms with E-state index in [-0.39, 0.29) is 0 Å². The standard InChI is InChI=1S/C15H12BrNO3/c16-11-5-6-12(10-4-2-1-3-9(10)11)17-13(18)15(7-8-15)14(19)20/h1-6H,7-8H2,(H,17,18)(H,19,20). The first kappa shape index (κ1) is 13.1. The largest absolute Gasteiger partial charge is 0.480 e. The maximum atomic E-state index is 12.2. The Balaban J connectivity index is 1.98. The number of carboxylic acid groups (broad SMARTS) is 1. The van der Waals surface area contributed by atoms with Gasteiger partial charge in [0.05, 0.1) is 0 Å². The molecule has 0 bridgehead atoms. The Hall–Kier alpha value is -1.88. The third-order valence-corrected chi connectivity index (χ3v) is 4.40. The van der Waals surface area contributed by atoms with Gasteiger partial charge in [-0.3, -0.25) is 9.59 Å². The van der Waals surface area contributed by atoms with Crippen molar-refractivity contribution in [3.05, 3.63) is 40.9 Å². The van der Waals surface area contributed by atoms with Crippen molar-refractivity contribution < 1.29 is 14.7 Å².